The van der Waals surface area contributed by atoms with Crippen molar-refractivity contribution in [1.82, 2.24) is 0 Å². The maximum Gasteiger partial charge on any atom is 0.134 e. The Kier molecular flexibility index (Phi) is 0.637. The largest absolute Gasteiger partial charge is 0.300 e. The summed E-state index contributed by atoms with van der Waals surface area (Å²) in [5.41, 5.74) is 1.15. The average molecular weight is 136 g/mol. The molecule has 3 aliphatic carbocycles. The lowest BCUT2D eigenvalue weighted by molar-refractivity contribution is -0.117. The lowest BCUT2D eigenvalue weighted by Crippen LogP contribution is -2.07. The van der Waals surface area contributed by atoms with Crippen LogP contribution in [0.15, 0.2) is 0 Å². The van der Waals surface area contributed by atoms with E-state index in [1.807, 2.05) is 0 Å². The molecular weight excluding hydrogens is 124 g/mol. The molecule has 0 aromatic carbocycles. The summed E-state index contributed by atoms with van der Waals surface area (Å²) in [5, 5.41) is 0. The zero-order valence-corrected chi connectivity index (χ0v) is 6.15. The minimum Gasteiger partial charge on any atom is -0.300 e. The molecule has 0 unspecified atom stereocenters. The van der Waals surface area contributed by atoms with Crippen molar-refractivity contribution in [3.05, 3.63) is 0 Å². The van der Waals surface area contributed by atoms with Gasteiger partial charge in [-0.1, -0.05) is 0 Å². The molecule has 0 N–H and O–H groups in total. The highest BCUT2D eigenvalue weighted by atomic mass is 16.1. The van der Waals surface area contributed by atoms with Crippen LogP contribution in [-0.2, 0) is 4.79 Å². The maximum absolute atomic E-state index is 11.2. The first-order valence-electron chi connectivity index (χ1n) is 4.28. The number of carbonyl (C=O) groups is 1. The fourth-order valence-corrected chi connectivity index (χ4v) is 2.91. The van der Waals surface area contributed by atoms with Crippen LogP contribution in [-0.4, -0.2) is 5.78 Å². The first kappa shape index (κ1) is 5.34. The summed E-state index contributed by atoms with van der Waals surface area (Å²) in [6.45, 7) is 0. The number of rotatable bonds is 0. The second-order valence-corrected chi connectivity index (χ2v) is 4.45. The highest BCUT2D eigenvalue weighted by Crippen LogP contribution is 2.76. The molecule has 0 saturated heterocycles. The summed E-state index contributed by atoms with van der Waals surface area (Å²) in [6.07, 6.45) is 7.31. The van der Waals surface area contributed by atoms with Crippen molar-refractivity contribution in [3.63, 3.8) is 0 Å². The lowest BCUT2D eigenvalue weighted by atomic mass is 9.90. The summed E-state index contributed by atoms with van der Waals surface area (Å²) in [5.74, 6) is 0.551. The van der Waals surface area contributed by atoms with E-state index in [0.29, 0.717) is 16.6 Å². The van der Waals surface area contributed by atoms with Crippen LogP contribution in [0.4, 0.5) is 0 Å². The van der Waals surface area contributed by atoms with Crippen molar-refractivity contribution >= 4 is 5.78 Å². The van der Waals surface area contributed by atoms with Crippen molar-refractivity contribution in [1.29, 1.82) is 0 Å². The van der Waals surface area contributed by atoms with Crippen LogP contribution in [0.3, 0.4) is 0 Å². The molecule has 1 nitrogen and oxygen atoms in total. The third kappa shape index (κ3) is 0.415. The van der Waals surface area contributed by atoms with E-state index < -0.39 is 0 Å². The Morgan fingerprint density at radius 2 is 1.30 bits per heavy atom. The number of fused-ring (bicyclic) bond motifs is 1. The smallest absolute Gasteiger partial charge is 0.134 e. The van der Waals surface area contributed by atoms with Gasteiger partial charge in [-0.3, -0.25) is 4.79 Å². The maximum atomic E-state index is 11.2. The van der Waals surface area contributed by atoms with Crippen molar-refractivity contribution in [2.24, 2.45) is 10.8 Å². The molecule has 0 bridgehead atoms. The zero-order chi connectivity index (χ0) is 6.82. The third-order valence-corrected chi connectivity index (χ3v) is 3.90. The van der Waals surface area contributed by atoms with Gasteiger partial charge in [0.05, 0.1) is 0 Å². The zero-order valence-electron chi connectivity index (χ0n) is 6.15. The van der Waals surface area contributed by atoms with Crippen LogP contribution in [0.2, 0.25) is 0 Å². The van der Waals surface area contributed by atoms with Crippen molar-refractivity contribution in [2.75, 3.05) is 0 Å². The number of Topliss-reactive ketones (excluding diaryl/α,β-unsaturated/α-hetero) is 1. The fraction of sp³-hybridized carbons (Fsp3) is 0.889. The molecule has 54 valence electrons. The predicted octanol–water partition coefficient (Wildman–Crippen LogP) is 1.91. The first-order valence-corrected chi connectivity index (χ1v) is 4.28. The van der Waals surface area contributed by atoms with Gasteiger partial charge < -0.3 is 0 Å². The standard InChI is InChI=1S/C9H12O/c10-7-5-8(1-2-8)9(6-7)3-4-9/h1-6H2. The molecule has 10 heavy (non-hydrogen) atoms. The first-order chi connectivity index (χ1) is 4.77. The van der Waals surface area contributed by atoms with Gasteiger partial charge in [0.2, 0.25) is 0 Å². The molecule has 3 aliphatic rings. The SMILES string of the molecule is O=C1CC2(CC2)C2(CC2)C1. The van der Waals surface area contributed by atoms with Gasteiger partial charge in [-0.2, -0.15) is 0 Å². The van der Waals surface area contributed by atoms with Crippen molar-refractivity contribution < 1.29 is 4.79 Å². The summed E-state index contributed by atoms with van der Waals surface area (Å²) in [4.78, 5) is 11.2. The molecular formula is C9H12O. The predicted molar refractivity (Wildman–Crippen MR) is 37.6 cm³/mol. The molecule has 0 aromatic rings. The second-order valence-electron chi connectivity index (χ2n) is 4.45. The molecule has 0 amide bonds. The van der Waals surface area contributed by atoms with Gasteiger partial charge >= 0.3 is 0 Å². The molecule has 3 saturated carbocycles. The minimum atomic E-state index is 0.551. The molecule has 3 fully saturated rings. The van der Waals surface area contributed by atoms with E-state index in [4.69, 9.17) is 0 Å². The van der Waals surface area contributed by atoms with E-state index in [1.54, 1.807) is 0 Å². The van der Waals surface area contributed by atoms with Crippen LogP contribution < -0.4 is 0 Å². The third-order valence-electron chi connectivity index (χ3n) is 3.90. The second kappa shape index (κ2) is 1.19. The molecule has 0 aromatic heterocycles. The number of ketones is 1. The average Bonchev–Trinajstić information content (AvgIpc) is 2.60. The van der Waals surface area contributed by atoms with E-state index in [0.717, 1.165) is 12.8 Å². The van der Waals surface area contributed by atoms with Crippen LogP contribution >= 0.6 is 0 Å². The highest BCUT2D eigenvalue weighted by Gasteiger charge is 2.69. The molecule has 3 rings (SSSR count). The normalized spacial score (nSPS) is 37.4. The van der Waals surface area contributed by atoms with E-state index >= 15 is 0 Å². The topological polar surface area (TPSA) is 17.1 Å². The molecule has 1 heteroatoms. The lowest BCUT2D eigenvalue weighted by Gasteiger charge is -2.13. The molecule has 0 heterocycles. The molecule has 0 atom stereocenters. The Bertz CT molecular complexity index is 187. The summed E-state index contributed by atoms with van der Waals surface area (Å²) >= 11 is 0. The van der Waals surface area contributed by atoms with E-state index in [2.05, 4.69) is 0 Å². The summed E-state index contributed by atoms with van der Waals surface area (Å²) < 4.78 is 0. The van der Waals surface area contributed by atoms with E-state index in [9.17, 15) is 4.79 Å². The number of hydrogen-bond acceptors (Lipinski definition) is 1. The van der Waals surface area contributed by atoms with Gasteiger partial charge in [-0.25, -0.2) is 0 Å². The van der Waals surface area contributed by atoms with Crippen LogP contribution in [0, 0.1) is 10.8 Å². The van der Waals surface area contributed by atoms with Gasteiger partial charge in [0.1, 0.15) is 5.78 Å². The van der Waals surface area contributed by atoms with Crippen molar-refractivity contribution in [2.45, 2.75) is 38.5 Å². The van der Waals surface area contributed by atoms with Gasteiger partial charge in [-0.15, -0.1) is 0 Å². The molecule has 0 aliphatic heterocycles. The Balaban J connectivity index is 2.02. The van der Waals surface area contributed by atoms with Gasteiger partial charge in [0.25, 0.3) is 0 Å². The van der Waals surface area contributed by atoms with Crippen molar-refractivity contribution in [3.8, 4) is 0 Å². The van der Waals surface area contributed by atoms with E-state index in [-0.39, 0.29) is 0 Å². The summed E-state index contributed by atoms with van der Waals surface area (Å²) in [7, 11) is 0. The Hall–Kier alpha value is -0.330. The quantitative estimate of drug-likeness (QED) is 0.497. The number of carbonyl (C=O) groups excluding carboxylic acids is 1. The van der Waals surface area contributed by atoms with Gasteiger partial charge in [-0.05, 0) is 36.5 Å². The molecule has 0 radical (unpaired) electrons. The Morgan fingerprint density at radius 1 is 0.900 bits per heavy atom. The van der Waals surface area contributed by atoms with E-state index in [1.165, 1.54) is 25.7 Å². The van der Waals surface area contributed by atoms with Gasteiger partial charge in [0, 0.05) is 12.8 Å². The highest BCUT2D eigenvalue weighted by molar-refractivity contribution is 5.84. The molecule has 2 spiro atoms. The Morgan fingerprint density at radius 3 is 1.60 bits per heavy atom. The van der Waals surface area contributed by atoms with Crippen LogP contribution in [0.1, 0.15) is 38.5 Å². The minimum absolute atomic E-state index is 0.551. The van der Waals surface area contributed by atoms with Gasteiger partial charge in [0.15, 0.2) is 0 Å². The fourth-order valence-electron chi connectivity index (χ4n) is 2.91. The van der Waals surface area contributed by atoms with Crippen LogP contribution in [0.25, 0.3) is 0 Å². The number of hydrogen-bond donors (Lipinski definition) is 0. The summed E-state index contributed by atoms with van der Waals surface area (Å²) in [6, 6.07) is 0. The Labute approximate surface area is 60.8 Å². The van der Waals surface area contributed by atoms with Crippen LogP contribution in [0.5, 0.6) is 0 Å². The monoisotopic (exact) mass is 136 g/mol.